The Morgan fingerprint density at radius 3 is 2.95 bits per heavy atom. The summed E-state index contributed by atoms with van der Waals surface area (Å²) < 4.78 is 21.9. The highest BCUT2D eigenvalue weighted by Crippen LogP contribution is 2.27. The average molecular weight is 309 g/mol. The molecular formula is C16H23NO5. The molecule has 1 aromatic heterocycles. The monoisotopic (exact) mass is 309 g/mol. The summed E-state index contributed by atoms with van der Waals surface area (Å²) in [7, 11) is 0. The summed E-state index contributed by atoms with van der Waals surface area (Å²) in [5.41, 5.74) is 0.513. The second-order valence-corrected chi connectivity index (χ2v) is 5.62. The first-order chi connectivity index (χ1) is 10.8. The van der Waals surface area contributed by atoms with Crippen LogP contribution in [-0.4, -0.2) is 49.6 Å². The summed E-state index contributed by atoms with van der Waals surface area (Å²) in [6, 6.07) is 1.89. The van der Waals surface area contributed by atoms with E-state index in [1.165, 1.54) is 6.42 Å². The number of rotatable bonds is 5. The molecule has 2 fully saturated rings. The van der Waals surface area contributed by atoms with Crippen molar-refractivity contribution in [1.82, 2.24) is 4.90 Å². The Morgan fingerprint density at radius 1 is 1.36 bits per heavy atom. The molecule has 0 aliphatic carbocycles. The van der Waals surface area contributed by atoms with Crippen molar-refractivity contribution >= 4 is 5.97 Å². The molecular weight excluding hydrogens is 286 g/mol. The van der Waals surface area contributed by atoms with Crippen LogP contribution in [0.4, 0.5) is 0 Å². The number of ether oxygens (including phenoxy) is 3. The van der Waals surface area contributed by atoms with Gasteiger partial charge < -0.3 is 18.6 Å². The lowest BCUT2D eigenvalue weighted by Gasteiger charge is -2.37. The Hall–Kier alpha value is -1.37. The molecule has 1 atom stereocenters. The molecule has 0 N–H and O–H groups in total. The minimum Gasteiger partial charge on any atom is -0.467 e. The first-order valence-electron chi connectivity index (χ1n) is 8.00. The Kier molecular flexibility index (Phi) is 5.12. The van der Waals surface area contributed by atoms with E-state index in [0.717, 1.165) is 19.4 Å². The molecule has 3 heterocycles. The van der Waals surface area contributed by atoms with E-state index in [9.17, 15) is 4.79 Å². The molecule has 0 aromatic carbocycles. The van der Waals surface area contributed by atoms with Crippen molar-refractivity contribution in [2.45, 2.75) is 45.1 Å². The van der Waals surface area contributed by atoms with Crippen molar-refractivity contribution < 1.29 is 23.4 Å². The van der Waals surface area contributed by atoms with E-state index in [-0.39, 0.29) is 18.3 Å². The number of piperidine rings is 1. The van der Waals surface area contributed by atoms with E-state index in [4.69, 9.17) is 18.6 Å². The van der Waals surface area contributed by atoms with Crippen LogP contribution in [0.3, 0.4) is 0 Å². The molecule has 0 amide bonds. The Labute approximate surface area is 130 Å². The van der Waals surface area contributed by atoms with Gasteiger partial charge in [0.1, 0.15) is 11.3 Å². The quantitative estimate of drug-likeness (QED) is 0.777. The molecule has 2 saturated heterocycles. The predicted octanol–water partition coefficient (Wildman–Crippen LogP) is 2.18. The molecule has 0 saturated carbocycles. The molecule has 2 aliphatic rings. The molecule has 0 radical (unpaired) electrons. The molecule has 122 valence electrons. The second-order valence-electron chi connectivity index (χ2n) is 5.62. The number of furan rings is 1. The fourth-order valence-electron chi connectivity index (χ4n) is 3.16. The highest BCUT2D eigenvalue weighted by atomic mass is 16.7. The van der Waals surface area contributed by atoms with Gasteiger partial charge in [0.2, 0.25) is 0 Å². The second kappa shape index (κ2) is 7.26. The van der Waals surface area contributed by atoms with E-state index in [1.807, 2.05) is 0 Å². The van der Waals surface area contributed by atoms with Gasteiger partial charge in [-0.25, -0.2) is 4.79 Å². The molecule has 22 heavy (non-hydrogen) atoms. The van der Waals surface area contributed by atoms with Crippen molar-refractivity contribution in [2.75, 3.05) is 26.4 Å². The summed E-state index contributed by atoms with van der Waals surface area (Å²) in [5, 5.41) is 0. The van der Waals surface area contributed by atoms with Gasteiger partial charge in [0.25, 0.3) is 0 Å². The van der Waals surface area contributed by atoms with Gasteiger partial charge in [0.15, 0.2) is 6.29 Å². The van der Waals surface area contributed by atoms with E-state index in [2.05, 4.69) is 4.90 Å². The molecule has 6 nitrogen and oxygen atoms in total. The zero-order chi connectivity index (χ0) is 15.4. The van der Waals surface area contributed by atoms with Crippen molar-refractivity contribution in [1.29, 1.82) is 0 Å². The van der Waals surface area contributed by atoms with Crippen molar-refractivity contribution in [2.24, 2.45) is 0 Å². The smallest absolute Gasteiger partial charge is 0.341 e. The highest BCUT2D eigenvalue weighted by molar-refractivity contribution is 5.90. The summed E-state index contributed by atoms with van der Waals surface area (Å²) in [5.74, 6) is 0.330. The van der Waals surface area contributed by atoms with Crippen molar-refractivity contribution in [3.63, 3.8) is 0 Å². The van der Waals surface area contributed by atoms with Crippen LogP contribution in [0.5, 0.6) is 0 Å². The van der Waals surface area contributed by atoms with Crippen LogP contribution in [-0.2, 0) is 20.8 Å². The molecule has 3 rings (SSSR count). The van der Waals surface area contributed by atoms with Gasteiger partial charge >= 0.3 is 5.97 Å². The molecule has 2 aliphatic heterocycles. The standard InChI is InChI=1S/C16H23NO5/c1-2-19-15(18)12-6-8-20-14(12)11-17-7-4-3-5-13(17)16-21-9-10-22-16/h6,8,13,16H,2-5,7,9-11H2,1H3. The van der Waals surface area contributed by atoms with Crippen LogP contribution in [0.25, 0.3) is 0 Å². The maximum atomic E-state index is 12.0. The third-order valence-corrected chi connectivity index (χ3v) is 4.21. The normalized spacial score (nSPS) is 23.8. The lowest BCUT2D eigenvalue weighted by atomic mass is 10.0. The van der Waals surface area contributed by atoms with E-state index in [1.54, 1.807) is 19.3 Å². The van der Waals surface area contributed by atoms with Gasteiger partial charge in [0.05, 0.1) is 38.7 Å². The van der Waals surface area contributed by atoms with Crippen LogP contribution in [0.15, 0.2) is 16.7 Å². The van der Waals surface area contributed by atoms with Crippen molar-refractivity contribution in [3.05, 3.63) is 23.7 Å². The molecule has 1 unspecified atom stereocenters. The number of esters is 1. The largest absolute Gasteiger partial charge is 0.467 e. The first-order valence-corrected chi connectivity index (χ1v) is 8.00. The van der Waals surface area contributed by atoms with Gasteiger partial charge in [-0.05, 0) is 32.4 Å². The van der Waals surface area contributed by atoms with Crippen LogP contribution < -0.4 is 0 Å². The highest BCUT2D eigenvalue weighted by Gasteiger charge is 2.34. The molecule has 6 heteroatoms. The van der Waals surface area contributed by atoms with Gasteiger partial charge in [-0.3, -0.25) is 4.90 Å². The number of hydrogen-bond donors (Lipinski definition) is 0. The number of nitrogens with zero attached hydrogens (tertiary/aromatic N) is 1. The average Bonchev–Trinajstić information content (AvgIpc) is 3.19. The lowest BCUT2D eigenvalue weighted by molar-refractivity contribution is -0.112. The number of hydrogen-bond acceptors (Lipinski definition) is 6. The van der Waals surface area contributed by atoms with E-state index in [0.29, 0.717) is 37.7 Å². The summed E-state index contributed by atoms with van der Waals surface area (Å²) in [4.78, 5) is 14.2. The zero-order valence-electron chi connectivity index (χ0n) is 13.0. The summed E-state index contributed by atoms with van der Waals surface area (Å²) in [6.45, 7) is 5.01. The molecule has 0 spiro atoms. The van der Waals surface area contributed by atoms with Crippen molar-refractivity contribution in [3.8, 4) is 0 Å². The third-order valence-electron chi connectivity index (χ3n) is 4.21. The molecule has 0 bridgehead atoms. The number of carbonyl (C=O) groups is 1. The Bertz CT molecular complexity index is 494. The van der Waals surface area contributed by atoms with Gasteiger partial charge in [-0.1, -0.05) is 6.42 Å². The fourth-order valence-corrected chi connectivity index (χ4v) is 3.16. The maximum absolute atomic E-state index is 12.0. The topological polar surface area (TPSA) is 61.1 Å². The van der Waals surface area contributed by atoms with Crippen LogP contribution in [0.1, 0.15) is 42.3 Å². The van der Waals surface area contributed by atoms with Gasteiger partial charge in [-0.15, -0.1) is 0 Å². The minimum absolute atomic E-state index is 0.165. The lowest BCUT2D eigenvalue weighted by Crippen LogP contribution is -2.46. The number of likely N-dealkylation sites (tertiary alicyclic amines) is 1. The maximum Gasteiger partial charge on any atom is 0.341 e. The Balaban J connectivity index is 1.70. The number of carbonyl (C=O) groups excluding carboxylic acids is 1. The zero-order valence-corrected chi connectivity index (χ0v) is 13.0. The third kappa shape index (κ3) is 3.34. The summed E-state index contributed by atoms with van der Waals surface area (Å²) >= 11 is 0. The van der Waals surface area contributed by atoms with Crippen LogP contribution >= 0.6 is 0 Å². The predicted molar refractivity (Wildman–Crippen MR) is 78.4 cm³/mol. The van der Waals surface area contributed by atoms with E-state index < -0.39 is 0 Å². The fraction of sp³-hybridized carbons (Fsp3) is 0.688. The molecule has 1 aromatic rings. The van der Waals surface area contributed by atoms with Gasteiger partial charge in [-0.2, -0.15) is 0 Å². The SMILES string of the molecule is CCOC(=O)c1ccoc1CN1CCCCC1C1OCCO1. The Morgan fingerprint density at radius 2 is 2.18 bits per heavy atom. The van der Waals surface area contributed by atoms with Crippen LogP contribution in [0, 0.1) is 0 Å². The first kappa shape index (κ1) is 15.5. The van der Waals surface area contributed by atoms with Gasteiger partial charge in [0, 0.05) is 0 Å². The minimum atomic E-state index is -0.326. The van der Waals surface area contributed by atoms with E-state index >= 15 is 0 Å². The van der Waals surface area contributed by atoms with Crippen LogP contribution in [0.2, 0.25) is 0 Å². The summed E-state index contributed by atoms with van der Waals surface area (Å²) in [6.07, 6.45) is 4.73.